The van der Waals surface area contributed by atoms with E-state index in [0.29, 0.717) is 12.1 Å². The molecule has 2 aromatic carbocycles. The summed E-state index contributed by atoms with van der Waals surface area (Å²) >= 11 is 0. The third-order valence-electron chi connectivity index (χ3n) is 6.40. The SMILES string of the molecule is C[C@H](CCOC(=O)NCc1ccc(F)cc1F)n1ccn2cc(C(=O)NCc3ccc(F)cc3F)c(=O)c([O-])c2c1=O.[Na+]. The Morgan fingerprint density at radius 3 is 2.09 bits per heavy atom. The first-order chi connectivity index (χ1) is 20.0. The molecule has 0 radical (unpaired) electrons. The van der Waals surface area contributed by atoms with E-state index >= 15 is 0 Å². The topological polar surface area (TPSA) is 134 Å². The number of hydrogen-bond acceptors (Lipinski definition) is 6. The summed E-state index contributed by atoms with van der Waals surface area (Å²) in [4.78, 5) is 50.2. The molecule has 2 heterocycles. The Hall–Kier alpha value is -4.14. The van der Waals surface area contributed by atoms with E-state index in [9.17, 15) is 41.8 Å². The van der Waals surface area contributed by atoms with Crippen LogP contribution in [0.25, 0.3) is 5.52 Å². The number of hydrogen-bond donors (Lipinski definition) is 2. The van der Waals surface area contributed by atoms with Crippen LogP contribution in [0.2, 0.25) is 0 Å². The zero-order valence-electron chi connectivity index (χ0n) is 23.0. The zero-order chi connectivity index (χ0) is 30.6. The maximum atomic E-state index is 13.8. The summed E-state index contributed by atoms with van der Waals surface area (Å²) in [6, 6.07) is 5.05. The van der Waals surface area contributed by atoms with Crippen molar-refractivity contribution in [2.45, 2.75) is 32.5 Å². The summed E-state index contributed by atoms with van der Waals surface area (Å²) in [6.45, 7) is 0.811. The molecule has 2 amide bonds. The summed E-state index contributed by atoms with van der Waals surface area (Å²) in [6.07, 6.45) is 2.85. The van der Waals surface area contributed by atoms with Gasteiger partial charge in [0.25, 0.3) is 11.5 Å². The van der Waals surface area contributed by atoms with Gasteiger partial charge in [0, 0.05) is 67.4 Å². The van der Waals surface area contributed by atoms with Crippen molar-refractivity contribution in [3.63, 3.8) is 0 Å². The molecule has 1 atom stereocenters. The van der Waals surface area contributed by atoms with Crippen molar-refractivity contribution >= 4 is 17.5 Å². The largest absolute Gasteiger partial charge is 1.00 e. The number of pyridine rings is 1. The Bertz CT molecular complexity index is 1800. The molecule has 0 saturated carbocycles. The van der Waals surface area contributed by atoms with E-state index in [1.165, 1.54) is 18.5 Å². The predicted octanol–water partition coefficient (Wildman–Crippen LogP) is -0.0973. The molecule has 15 heteroatoms. The van der Waals surface area contributed by atoms with Gasteiger partial charge in [0.2, 0.25) is 0 Å². The molecule has 0 aliphatic heterocycles. The molecule has 43 heavy (non-hydrogen) atoms. The number of carbonyl (C=O) groups is 2. The van der Waals surface area contributed by atoms with Crippen LogP contribution in [-0.4, -0.2) is 27.6 Å². The first-order valence-electron chi connectivity index (χ1n) is 12.5. The molecule has 0 aliphatic carbocycles. The first kappa shape index (κ1) is 33.4. The maximum absolute atomic E-state index is 13.8. The number of aromatic nitrogens is 2. The fraction of sp³-hybridized carbons (Fsp3) is 0.214. The molecular weight excluding hydrogens is 587 g/mol. The Morgan fingerprint density at radius 1 is 0.930 bits per heavy atom. The molecule has 4 aromatic rings. The number of amides is 2. The monoisotopic (exact) mass is 610 g/mol. The minimum absolute atomic E-state index is 0. The van der Waals surface area contributed by atoms with Gasteiger partial charge in [-0.1, -0.05) is 12.1 Å². The quantitative estimate of drug-likeness (QED) is 0.201. The average Bonchev–Trinajstić information content (AvgIpc) is 2.93. The normalized spacial score (nSPS) is 11.5. The summed E-state index contributed by atoms with van der Waals surface area (Å²) in [7, 11) is 0. The van der Waals surface area contributed by atoms with E-state index in [1.54, 1.807) is 6.92 Å². The summed E-state index contributed by atoms with van der Waals surface area (Å²) in [5, 5.41) is 17.4. The Kier molecular flexibility index (Phi) is 11.1. The third kappa shape index (κ3) is 7.83. The first-order valence-corrected chi connectivity index (χ1v) is 12.5. The van der Waals surface area contributed by atoms with Crippen LogP contribution >= 0.6 is 0 Å². The molecule has 0 fully saturated rings. The smallest absolute Gasteiger partial charge is 0.868 e. The van der Waals surface area contributed by atoms with Crippen molar-refractivity contribution in [1.82, 2.24) is 19.6 Å². The van der Waals surface area contributed by atoms with Gasteiger partial charge in [-0.2, -0.15) is 0 Å². The number of halogens is 4. The number of ether oxygens (including phenoxy) is 1. The van der Waals surface area contributed by atoms with E-state index < -0.39 is 69.1 Å². The van der Waals surface area contributed by atoms with E-state index in [-0.39, 0.29) is 66.8 Å². The number of rotatable bonds is 9. The van der Waals surface area contributed by atoms with Gasteiger partial charge in [-0.05, 0) is 24.8 Å². The number of alkyl carbamates (subject to hydrolysis) is 1. The second-order valence-electron chi connectivity index (χ2n) is 9.25. The van der Waals surface area contributed by atoms with Crippen LogP contribution in [0.15, 0.2) is 64.6 Å². The zero-order valence-corrected chi connectivity index (χ0v) is 25.0. The fourth-order valence-electron chi connectivity index (χ4n) is 4.06. The predicted molar refractivity (Wildman–Crippen MR) is 139 cm³/mol. The van der Waals surface area contributed by atoms with Gasteiger partial charge in [0.1, 0.15) is 34.3 Å². The summed E-state index contributed by atoms with van der Waals surface area (Å²) in [5.41, 5.74) is -3.17. The van der Waals surface area contributed by atoms with Crippen molar-refractivity contribution in [1.29, 1.82) is 0 Å². The van der Waals surface area contributed by atoms with Crippen LogP contribution in [-0.2, 0) is 17.8 Å². The van der Waals surface area contributed by atoms with Gasteiger partial charge in [-0.15, -0.1) is 0 Å². The van der Waals surface area contributed by atoms with Gasteiger partial charge in [-0.3, -0.25) is 14.4 Å². The van der Waals surface area contributed by atoms with E-state index in [4.69, 9.17) is 4.74 Å². The Morgan fingerprint density at radius 2 is 1.51 bits per heavy atom. The molecule has 2 N–H and O–H groups in total. The Balaban J connectivity index is 0.00000506. The molecule has 10 nitrogen and oxygen atoms in total. The van der Waals surface area contributed by atoms with Crippen molar-refractivity contribution in [2.75, 3.05) is 6.61 Å². The van der Waals surface area contributed by atoms with E-state index in [2.05, 4.69) is 10.6 Å². The maximum Gasteiger partial charge on any atom is 1.00 e. The molecule has 0 aliphatic rings. The van der Waals surface area contributed by atoms with Crippen LogP contribution in [0.4, 0.5) is 22.4 Å². The second-order valence-corrected chi connectivity index (χ2v) is 9.25. The van der Waals surface area contributed by atoms with Crippen LogP contribution < -0.4 is 56.3 Å². The molecule has 0 spiro atoms. The second kappa shape index (κ2) is 14.4. The van der Waals surface area contributed by atoms with Crippen molar-refractivity contribution < 1.29 is 66.6 Å². The molecule has 0 saturated heterocycles. The van der Waals surface area contributed by atoms with E-state index in [1.807, 2.05) is 0 Å². The van der Waals surface area contributed by atoms with Gasteiger partial charge < -0.3 is 29.4 Å². The molecule has 2 aromatic heterocycles. The van der Waals surface area contributed by atoms with Crippen LogP contribution in [0, 0.1) is 23.3 Å². The third-order valence-corrected chi connectivity index (χ3v) is 6.40. The standard InChI is InChI=1S/C28H24F4N4O6.Na/c1-15(6-9-42-28(41)34-13-17-3-5-19(30)11-22(17)32)36-8-7-35-14-20(24(37)25(38)23(35)27(36)40)26(39)33-12-16-2-4-18(29)10-21(16)31;/h2-5,7-8,10-11,14-15,38H,6,9,12-13H2,1H3,(H,33,39)(H,34,41);/q;+1/p-1/t15-;/m1./s1. The number of fused-ring (bicyclic) bond motifs is 1. The van der Waals surface area contributed by atoms with Crippen LogP contribution in [0.3, 0.4) is 0 Å². The summed E-state index contributed by atoms with van der Waals surface area (Å²) < 4.78 is 60.8. The number of benzene rings is 2. The molecule has 4 rings (SSSR count). The molecule has 0 bridgehead atoms. The number of nitrogens with zero attached hydrogens (tertiary/aromatic N) is 2. The number of carbonyl (C=O) groups excluding carboxylic acids is 2. The van der Waals surface area contributed by atoms with Crippen LogP contribution in [0.5, 0.6) is 5.75 Å². The number of nitrogens with one attached hydrogen (secondary N) is 2. The fourth-order valence-corrected chi connectivity index (χ4v) is 4.06. The van der Waals surface area contributed by atoms with Gasteiger partial charge >= 0.3 is 35.7 Å². The minimum atomic E-state index is -1.24. The van der Waals surface area contributed by atoms with Crippen molar-refractivity contribution in [3.8, 4) is 5.75 Å². The average molecular weight is 610 g/mol. The van der Waals surface area contributed by atoms with Gasteiger partial charge in [0.05, 0.1) is 6.61 Å². The van der Waals surface area contributed by atoms with Crippen molar-refractivity contribution in [2.24, 2.45) is 0 Å². The van der Waals surface area contributed by atoms with E-state index in [0.717, 1.165) is 33.4 Å². The van der Waals surface area contributed by atoms with Gasteiger partial charge in [-0.25, -0.2) is 22.4 Å². The minimum Gasteiger partial charge on any atom is -0.868 e. The Labute approximate surface area is 263 Å². The summed E-state index contributed by atoms with van der Waals surface area (Å²) in [5.74, 6) is -5.52. The molecule has 220 valence electrons. The molecule has 0 unspecified atom stereocenters. The van der Waals surface area contributed by atoms with Gasteiger partial charge in [0.15, 0.2) is 5.43 Å². The van der Waals surface area contributed by atoms with Crippen LogP contribution in [0.1, 0.15) is 40.9 Å². The molecular formula is C28H23F4N4NaO6. The van der Waals surface area contributed by atoms with Crippen molar-refractivity contribution in [3.05, 3.63) is 116 Å².